The average Bonchev–Trinajstić information content (AvgIpc) is 2.65. The van der Waals surface area contributed by atoms with Crippen molar-refractivity contribution < 1.29 is 14.3 Å². The largest absolute Gasteiger partial charge is 0.465 e. The maximum absolute atomic E-state index is 12.6. The van der Waals surface area contributed by atoms with Crippen molar-refractivity contribution in [3.63, 3.8) is 0 Å². The molecule has 5 heteroatoms. The Balaban J connectivity index is 2.12. The number of nitrogens with one attached hydrogen (secondary N) is 1. The van der Waals surface area contributed by atoms with Crippen LogP contribution >= 0.6 is 0 Å². The van der Waals surface area contributed by atoms with Crippen LogP contribution in [0.1, 0.15) is 15.9 Å². The molecule has 0 unspecified atom stereocenters. The third-order valence-electron chi connectivity index (χ3n) is 3.77. The Morgan fingerprint density at radius 2 is 1.92 bits per heavy atom. The molecule has 2 rings (SSSR count). The van der Waals surface area contributed by atoms with Crippen LogP contribution in [-0.4, -0.2) is 32.1 Å². The van der Waals surface area contributed by atoms with Crippen LogP contribution in [0.25, 0.3) is 0 Å². The van der Waals surface area contributed by atoms with Crippen LogP contribution < -0.4 is 10.2 Å². The van der Waals surface area contributed by atoms with Crippen molar-refractivity contribution >= 4 is 23.3 Å². The van der Waals surface area contributed by atoms with Gasteiger partial charge in [-0.05, 0) is 36.8 Å². The predicted octanol–water partition coefficient (Wildman–Crippen LogP) is 3.41. The van der Waals surface area contributed by atoms with E-state index in [2.05, 4.69) is 11.9 Å². The molecule has 1 amide bonds. The van der Waals surface area contributed by atoms with Crippen molar-refractivity contribution in [1.82, 2.24) is 0 Å². The molecule has 2 aromatic carbocycles. The number of methoxy groups -OCH3 is 1. The number of anilines is 2. The molecule has 0 aliphatic rings. The van der Waals surface area contributed by atoms with Crippen molar-refractivity contribution in [2.75, 3.05) is 30.4 Å². The molecule has 0 aliphatic heterocycles. The molecule has 0 aromatic heterocycles. The van der Waals surface area contributed by atoms with Crippen molar-refractivity contribution in [3.05, 3.63) is 72.3 Å². The standard InChI is InChI=1S/C20H22N2O3/c1-4-12-22(17-8-6-5-7-9-17)19(23)14-21-18-13-16(20(24)25-3)11-10-15(18)2/h4-11,13,21H,1,12,14H2,2-3H3. The van der Waals surface area contributed by atoms with Gasteiger partial charge < -0.3 is 15.0 Å². The predicted molar refractivity (Wildman–Crippen MR) is 100 cm³/mol. The van der Waals surface area contributed by atoms with Crippen LogP contribution in [0.5, 0.6) is 0 Å². The van der Waals surface area contributed by atoms with E-state index >= 15 is 0 Å². The minimum Gasteiger partial charge on any atom is -0.465 e. The van der Waals surface area contributed by atoms with E-state index in [1.54, 1.807) is 23.1 Å². The number of para-hydroxylation sites is 1. The summed E-state index contributed by atoms with van der Waals surface area (Å²) in [4.78, 5) is 25.9. The van der Waals surface area contributed by atoms with Crippen molar-refractivity contribution in [2.45, 2.75) is 6.92 Å². The number of rotatable bonds is 7. The first-order valence-corrected chi connectivity index (χ1v) is 7.96. The number of nitrogens with zero attached hydrogens (tertiary/aromatic N) is 1. The summed E-state index contributed by atoms with van der Waals surface area (Å²) in [7, 11) is 1.34. The van der Waals surface area contributed by atoms with Crippen molar-refractivity contribution in [3.8, 4) is 0 Å². The first-order chi connectivity index (χ1) is 12.1. The fraction of sp³-hybridized carbons (Fsp3) is 0.200. The summed E-state index contributed by atoms with van der Waals surface area (Å²) in [6, 6.07) is 14.6. The van der Waals surface area contributed by atoms with Crippen LogP contribution in [-0.2, 0) is 9.53 Å². The number of esters is 1. The second-order valence-corrected chi connectivity index (χ2v) is 5.50. The van der Waals surface area contributed by atoms with E-state index in [4.69, 9.17) is 4.74 Å². The van der Waals surface area contributed by atoms with Gasteiger partial charge >= 0.3 is 5.97 Å². The smallest absolute Gasteiger partial charge is 0.337 e. The monoisotopic (exact) mass is 338 g/mol. The minimum atomic E-state index is -0.410. The van der Waals surface area contributed by atoms with E-state index in [1.165, 1.54) is 7.11 Å². The number of amides is 1. The van der Waals surface area contributed by atoms with Crippen LogP contribution in [0, 0.1) is 6.92 Å². The highest BCUT2D eigenvalue weighted by Gasteiger charge is 2.15. The van der Waals surface area contributed by atoms with Crippen LogP contribution in [0.2, 0.25) is 0 Å². The lowest BCUT2D eigenvalue weighted by Crippen LogP contribution is -2.35. The van der Waals surface area contributed by atoms with E-state index in [9.17, 15) is 9.59 Å². The van der Waals surface area contributed by atoms with Crippen LogP contribution in [0.4, 0.5) is 11.4 Å². The summed E-state index contributed by atoms with van der Waals surface area (Å²) in [5.41, 5.74) is 2.92. The van der Waals surface area contributed by atoms with Gasteiger partial charge in [-0.15, -0.1) is 6.58 Å². The van der Waals surface area contributed by atoms with Gasteiger partial charge in [0, 0.05) is 17.9 Å². The highest BCUT2D eigenvalue weighted by atomic mass is 16.5. The molecule has 5 nitrogen and oxygen atoms in total. The Labute approximate surface area is 147 Å². The summed E-state index contributed by atoms with van der Waals surface area (Å²) in [5, 5.41) is 3.11. The summed E-state index contributed by atoms with van der Waals surface area (Å²) in [6.07, 6.45) is 1.69. The number of benzene rings is 2. The van der Waals surface area contributed by atoms with Crippen molar-refractivity contribution in [2.24, 2.45) is 0 Å². The van der Waals surface area contributed by atoms with Crippen LogP contribution in [0.3, 0.4) is 0 Å². The minimum absolute atomic E-state index is 0.0889. The number of hydrogen-bond donors (Lipinski definition) is 1. The van der Waals surface area contributed by atoms with E-state index in [0.717, 1.165) is 16.9 Å². The topological polar surface area (TPSA) is 58.6 Å². The number of carbonyl (C=O) groups excluding carboxylic acids is 2. The van der Waals surface area contributed by atoms with Gasteiger partial charge in [-0.3, -0.25) is 4.79 Å². The highest BCUT2D eigenvalue weighted by Crippen LogP contribution is 2.18. The molecule has 25 heavy (non-hydrogen) atoms. The lowest BCUT2D eigenvalue weighted by Gasteiger charge is -2.22. The van der Waals surface area contributed by atoms with Crippen molar-refractivity contribution in [1.29, 1.82) is 0 Å². The number of hydrogen-bond acceptors (Lipinski definition) is 4. The second-order valence-electron chi connectivity index (χ2n) is 5.50. The molecular formula is C20H22N2O3. The third kappa shape index (κ3) is 4.70. The molecule has 0 saturated heterocycles. The molecule has 0 heterocycles. The first kappa shape index (κ1) is 18.3. The Morgan fingerprint density at radius 3 is 2.56 bits per heavy atom. The van der Waals surface area contributed by atoms with Gasteiger partial charge in [-0.1, -0.05) is 30.3 Å². The highest BCUT2D eigenvalue weighted by molar-refractivity contribution is 5.97. The zero-order chi connectivity index (χ0) is 18.2. The van der Waals surface area contributed by atoms with Gasteiger partial charge in [-0.25, -0.2) is 4.79 Å². The second kappa shape index (κ2) is 8.68. The fourth-order valence-electron chi connectivity index (χ4n) is 2.41. The number of aryl methyl sites for hydroxylation is 1. The van der Waals surface area contributed by atoms with E-state index < -0.39 is 5.97 Å². The average molecular weight is 338 g/mol. The summed E-state index contributed by atoms with van der Waals surface area (Å²) < 4.78 is 4.73. The molecule has 0 fully saturated rings. The normalized spacial score (nSPS) is 10.0. The summed E-state index contributed by atoms with van der Waals surface area (Å²) in [5.74, 6) is -0.499. The van der Waals surface area contributed by atoms with Gasteiger partial charge in [0.15, 0.2) is 0 Å². The molecule has 2 aromatic rings. The lowest BCUT2D eigenvalue weighted by molar-refractivity contribution is -0.116. The molecule has 130 valence electrons. The molecule has 0 aliphatic carbocycles. The maximum Gasteiger partial charge on any atom is 0.337 e. The van der Waals surface area contributed by atoms with E-state index in [-0.39, 0.29) is 12.5 Å². The fourth-order valence-corrected chi connectivity index (χ4v) is 2.41. The quantitative estimate of drug-likeness (QED) is 0.621. The first-order valence-electron chi connectivity index (χ1n) is 7.96. The Bertz CT molecular complexity index is 757. The summed E-state index contributed by atoms with van der Waals surface area (Å²) in [6.45, 7) is 6.15. The van der Waals surface area contributed by atoms with E-state index in [0.29, 0.717) is 12.1 Å². The third-order valence-corrected chi connectivity index (χ3v) is 3.77. The van der Waals surface area contributed by atoms with Gasteiger partial charge in [-0.2, -0.15) is 0 Å². The number of ether oxygens (including phenoxy) is 1. The van der Waals surface area contributed by atoms with Gasteiger partial charge in [0.2, 0.25) is 5.91 Å². The summed E-state index contributed by atoms with van der Waals surface area (Å²) >= 11 is 0. The molecular weight excluding hydrogens is 316 g/mol. The molecule has 0 saturated carbocycles. The molecule has 1 N–H and O–H groups in total. The van der Waals surface area contributed by atoms with Gasteiger partial charge in [0.1, 0.15) is 0 Å². The molecule has 0 spiro atoms. The van der Waals surface area contributed by atoms with Crippen LogP contribution in [0.15, 0.2) is 61.2 Å². The SMILES string of the molecule is C=CCN(C(=O)CNc1cc(C(=O)OC)ccc1C)c1ccccc1. The number of carbonyl (C=O) groups is 2. The Kier molecular flexibility index (Phi) is 6.34. The maximum atomic E-state index is 12.6. The van der Waals surface area contributed by atoms with Gasteiger partial charge in [0.05, 0.1) is 19.2 Å². The Morgan fingerprint density at radius 1 is 1.20 bits per heavy atom. The Hall–Kier alpha value is -3.08. The molecule has 0 atom stereocenters. The lowest BCUT2D eigenvalue weighted by atomic mass is 10.1. The van der Waals surface area contributed by atoms with Gasteiger partial charge in [0.25, 0.3) is 0 Å². The molecule has 0 bridgehead atoms. The van der Waals surface area contributed by atoms with E-state index in [1.807, 2.05) is 43.3 Å². The zero-order valence-electron chi connectivity index (χ0n) is 14.5. The molecule has 0 radical (unpaired) electrons. The zero-order valence-corrected chi connectivity index (χ0v) is 14.5.